The molecule has 1 aromatic heterocycles. The van der Waals surface area contributed by atoms with E-state index in [4.69, 9.17) is 9.88 Å². The highest BCUT2D eigenvalue weighted by molar-refractivity contribution is 7.87. The maximum atomic E-state index is 14.9. The number of ether oxygens (including phenoxy) is 1. The lowest BCUT2D eigenvalue weighted by Crippen LogP contribution is -2.47. The fraction of sp³-hybridized carbons (Fsp3) is 0.211. The van der Waals surface area contributed by atoms with Crippen LogP contribution in [0.2, 0.25) is 0 Å². The Hall–Kier alpha value is -2.59. The Balaban J connectivity index is 1.78. The van der Waals surface area contributed by atoms with Gasteiger partial charge in [0.15, 0.2) is 0 Å². The lowest BCUT2D eigenvalue weighted by atomic mass is 9.93. The summed E-state index contributed by atoms with van der Waals surface area (Å²) in [5.41, 5.74) is 3.55. The monoisotopic (exact) mass is 402 g/mol. The number of nitrogens with one attached hydrogen (secondary N) is 1. The second-order valence-corrected chi connectivity index (χ2v) is 7.92. The van der Waals surface area contributed by atoms with E-state index >= 15 is 0 Å². The van der Waals surface area contributed by atoms with Crippen LogP contribution in [-0.4, -0.2) is 32.1 Å². The molecular formula is C19H19FN4O3S. The Labute approximate surface area is 162 Å². The predicted molar refractivity (Wildman–Crippen MR) is 104 cm³/mol. The van der Waals surface area contributed by atoms with Gasteiger partial charge in [-0.1, -0.05) is 0 Å². The normalized spacial score (nSPS) is 14.8. The van der Waals surface area contributed by atoms with E-state index in [2.05, 4.69) is 9.82 Å². The molecule has 1 aliphatic heterocycles. The summed E-state index contributed by atoms with van der Waals surface area (Å²) < 4.78 is 42.7. The minimum absolute atomic E-state index is 0.301. The molecule has 1 aliphatic rings. The van der Waals surface area contributed by atoms with Gasteiger partial charge in [0, 0.05) is 36.3 Å². The number of pyridine rings is 1. The Morgan fingerprint density at radius 3 is 2.75 bits per heavy atom. The molecule has 0 fully saturated rings. The first-order chi connectivity index (χ1) is 13.3. The van der Waals surface area contributed by atoms with Crippen LogP contribution < -0.4 is 14.7 Å². The summed E-state index contributed by atoms with van der Waals surface area (Å²) in [5.74, 6) is 0.350. The van der Waals surface area contributed by atoms with E-state index in [-0.39, 0.29) is 5.82 Å². The zero-order valence-electron chi connectivity index (χ0n) is 15.1. The van der Waals surface area contributed by atoms with Gasteiger partial charge in [-0.15, -0.1) is 4.83 Å². The molecule has 28 heavy (non-hydrogen) atoms. The van der Waals surface area contributed by atoms with Gasteiger partial charge in [0.1, 0.15) is 11.6 Å². The van der Waals surface area contributed by atoms with Gasteiger partial charge in [-0.25, -0.2) is 14.5 Å². The fourth-order valence-corrected chi connectivity index (χ4v) is 4.05. The Bertz CT molecular complexity index is 1170. The van der Waals surface area contributed by atoms with Crippen molar-refractivity contribution in [1.29, 1.82) is 0 Å². The number of rotatable bonds is 4. The number of aromatic nitrogens is 1. The van der Waals surface area contributed by atoms with Crippen LogP contribution in [-0.2, 0) is 23.2 Å². The first kappa shape index (κ1) is 18.8. The van der Waals surface area contributed by atoms with E-state index in [0.29, 0.717) is 41.9 Å². The molecule has 0 saturated heterocycles. The summed E-state index contributed by atoms with van der Waals surface area (Å²) in [4.78, 5) is 6.63. The molecule has 3 aromatic rings. The quantitative estimate of drug-likeness (QED) is 0.697. The average Bonchev–Trinajstić information content (AvgIpc) is 2.65. The van der Waals surface area contributed by atoms with E-state index in [1.165, 1.54) is 11.1 Å². The Morgan fingerprint density at radius 1 is 1.18 bits per heavy atom. The third-order valence-electron chi connectivity index (χ3n) is 4.80. The van der Waals surface area contributed by atoms with Crippen LogP contribution in [0.1, 0.15) is 11.1 Å². The predicted octanol–water partition coefficient (Wildman–Crippen LogP) is 2.12. The van der Waals surface area contributed by atoms with Gasteiger partial charge in [-0.2, -0.15) is 8.42 Å². The lowest BCUT2D eigenvalue weighted by Gasteiger charge is -2.28. The molecule has 0 atom stereocenters. The molecule has 9 heteroatoms. The van der Waals surface area contributed by atoms with E-state index in [0.717, 1.165) is 16.5 Å². The fourth-order valence-electron chi connectivity index (χ4n) is 3.53. The van der Waals surface area contributed by atoms with E-state index in [1.54, 1.807) is 31.5 Å². The van der Waals surface area contributed by atoms with Crippen LogP contribution in [0.4, 0.5) is 4.39 Å². The van der Waals surface area contributed by atoms with Gasteiger partial charge < -0.3 is 4.74 Å². The van der Waals surface area contributed by atoms with Gasteiger partial charge in [0.25, 0.3) is 10.2 Å². The van der Waals surface area contributed by atoms with Crippen LogP contribution in [0.5, 0.6) is 5.75 Å². The number of halogens is 1. The highest BCUT2D eigenvalue weighted by Gasteiger charge is 2.22. The number of benzene rings is 2. The largest absolute Gasteiger partial charge is 0.497 e. The molecule has 0 amide bonds. The van der Waals surface area contributed by atoms with Gasteiger partial charge in [-0.05, 0) is 53.4 Å². The van der Waals surface area contributed by atoms with Crippen molar-refractivity contribution in [2.24, 2.45) is 5.14 Å². The molecule has 0 unspecified atom stereocenters. The number of hydrazine groups is 1. The topological polar surface area (TPSA) is 97.5 Å². The number of hydrogen-bond acceptors (Lipinski definition) is 5. The molecule has 0 aliphatic carbocycles. The molecule has 0 spiro atoms. The summed E-state index contributed by atoms with van der Waals surface area (Å²) in [6, 6.07) is 10.5. The highest BCUT2D eigenvalue weighted by atomic mass is 32.2. The minimum Gasteiger partial charge on any atom is -0.497 e. The molecule has 0 radical (unpaired) electrons. The van der Waals surface area contributed by atoms with E-state index < -0.39 is 10.2 Å². The van der Waals surface area contributed by atoms with Crippen molar-refractivity contribution < 1.29 is 17.5 Å². The van der Waals surface area contributed by atoms with Crippen molar-refractivity contribution >= 4 is 21.1 Å². The number of nitrogens with zero attached hydrogens (tertiary/aromatic N) is 2. The summed E-state index contributed by atoms with van der Waals surface area (Å²) >= 11 is 0. The van der Waals surface area contributed by atoms with Crippen LogP contribution in [0.15, 0.2) is 42.6 Å². The van der Waals surface area contributed by atoms with Gasteiger partial charge in [0.2, 0.25) is 0 Å². The summed E-state index contributed by atoms with van der Waals surface area (Å²) in [6.07, 6.45) is 2.15. The Morgan fingerprint density at radius 2 is 2.00 bits per heavy atom. The highest BCUT2D eigenvalue weighted by Crippen LogP contribution is 2.34. The van der Waals surface area contributed by atoms with Crippen molar-refractivity contribution in [2.75, 3.05) is 13.7 Å². The molecule has 2 aromatic carbocycles. The first-order valence-electron chi connectivity index (χ1n) is 8.63. The van der Waals surface area contributed by atoms with Crippen molar-refractivity contribution in [3.63, 3.8) is 0 Å². The number of fused-ring (bicyclic) bond motifs is 2. The smallest absolute Gasteiger partial charge is 0.287 e. The van der Waals surface area contributed by atoms with E-state index in [9.17, 15) is 12.8 Å². The molecule has 7 nitrogen and oxygen atoms in total. The van der Waals surface area contributed by atoms with E-state index in [1.807, 2.05) is 12.1 Å². The number of hydrogen-bond donors (Lipinski definition) is 2. The second-order valence-electron chi connectivity index (χ2n) is 6.65. The molecule has 2 heterocycles. The molecule has 146 valence electrons. The zero-order valence-corrected chi connectivity index (χ0v) is 16.0. The maximum Gasteiger partial charge on any atom is 0.287 e. The lowest BCUT2D eigenvalue weighted by molar-refractivity contribution is 0.221. The third-order valence-corrected chi connectivity index (χ3v) is 5.31. The zero-order chi connectivity index (χ0) is 19.9. The Kier molecular flexibility index (Phi) is 4.76. The van der Waals surface area contributed by atoms with Crippen LogP contribution >= 0.6 is 0 Å². The molecule has 3 N–H and O–H groups in total. The van der Waals surface area contributed by atoms with Gasteiger partial charge in [0.05, 0.1) is 12.6 Å². The number of nitrogens with two attached hydrogens (primary N) is 1. The summed E-state index contributed by atoms with van der Waals surface area (Å²) in [7, 11) is -2.27. The summed E-state index contributed by atoms with van der Waals surface area (Å²) in [6.45, 7) is 0.718. The third kappa shape index (κ3) is 3.69. The van der Waals surface area contributed by atoms with Crippen molar-refractivity contribution in [3.8, 4) is 16.9 Å². The SMILES string of the molecule is COc1ccc2c(-c3cc4c(cc3F)CCN(NS(N)(=O)=O)C4)ccnc2c1. The number of methoxy groups -OCH3 is 1. The molecule has 4 rings (SSSR count). The maximum absolute atomic E-state index is 14.9. The molecule has 0 bridgehead atoms. The first-order valence-corrected chi connectivity index (χ1v) is 10.2. The van der Waals surface area contributed by atoms with Crippen molar-refractivity contribution in [1.82, 2.24) is 14.8 Å². The van der Waals surface area contributed by atoms with Crippen LogP contribution in [0.25, 0.3) is 22.0 Å². The average molecular weight is 402 g/mol. The van der Waals surface area contributed by atoms with Gasteiger partial charge in [-0.3, -0.25) is 4.98 Å². The minimum atomic E-state index is -3.85. The second kappa shape index (κ2) is 7.10. The molecular weight excluding hydrogens is 383 g/mol. The standard InChI is InChI=1S/C19H19FN4O3S/c1-27-14-2-3-16-15(4-6-22-19(16)10-14)17-8-13-11-24(23-28(21,25)26)7-5-12(13)9-18(17)20/h2-4,6,8-10,23H,5,7,11H2,1H3,(H2,21,25,26). The van der Waals surface area contributed by atoms with Gasteiger partial charge >= 0.3 is 0 Å². The summed E-state index contributed by atoms with van der Waals surface area (Å²) in [5, 5.41) is 7.37. The van der Waals surface area contributed by atoms with Crippen molar-refractivity contribution in [3.05, 3.63) is 59.5 Å². The van der Waals surface area contributed by atoms with Crippen LogP contribution in [0.3, 0.4) is 0 Å². The van der Waals surface area contributed by atoms with Crippen molar-refractivity contribution in [2.45, 2.75) is 13.0 Å². The van der Waals surface area contributed by atoms with Crippen LogP contribution in [0, 0.1) is 5.82 Å². The molecule has 0 saturated carbocycles.